The molecule has 1 saturated heterocycles. The van der Waals surface area contributed by atoms with Crippen LogP contribution in [0, 0.1) is 5.41 Å². The molecule has 1 amide bonds. The zero-order valence-corrected chi connectivity index (χ0v) is 22.4. The van der Waals surface area contributed by atoms with Gasteiger partial charge in [0.2, 0.25) is 5.91 Å². The smallest absolute Gasteiger partial charge is 0.225 e. The third kappa shape index (κ3) is 8.39. The van der Waals surface area contributed by atoms with Crippen molar-refractivity contribution >= 4 is 17.9 Å². The van der Waals surface area contributed by atoms with Gasteiger partial charge in [-0.1, -0.05) is 70.0 Å². The summed E-state index contributed by atoms with van der Waals surface area (Å²) in [7, 11) is 0. The molecule has 0 aromatic heterocycles. The molecule has 0 aliphatic carbocycles. The first-order valence-corrected chi connectivity index (χ1v) is 13.7. The highest BCUT2D eigenvalue weighted by molar-refractivity contribution is 5.80. The van der Waals surface area contributed by atoms with Crippen molar-refractivity contribution in [2.75, 3.05) is 24.6 Å². The highest BCUT2D eigenvalue weighted by Crippen LogP contribution is 2.32. The van der Waals surface area contributed by atoms with Crippen LogP contribution < -0.4 is 15.0 Å². The second-order valence-corrected chi connectivity index (χ2v) is 10.7. The minimum absolute atomic E-state index is 0.00534. The summed E-state index contributed by atoms with van der Waals surface area (Å²) in [6.07, 6.45) is 9.68. The summed E-state index contributed by atoms with van der Waals surface area (Å²) in [4.78, 5) is 26.9. The van der Waals surface area contributed by atoms with Crippen molar-refractivity contribution < 1.29 is 14.3 Å². The van der Waals surface area contributed by atoms with Gasteiger partial charge in [-0.15, -0.1) is 0 Å². The van der Waals surface area contributed by atoms with Crippen LogP contribution in [0.5, 0.6) is 5.75 Å². The first kappa shape index (κ1) is 27.8. The summed E-state index contributed by atoms with van der Waals surface area (Å²) in [5.74, 6) is 0.762. The average Bonchev–Trinajstić information content (AvgIpc) is 2.90. The van der Waals surface area contributed by atoms with Gasteiger partial charge in [0.1, 0.15) is 12.0 Å². The molecule has 2 aromatic rings. The number of hydrogen-bond donors (Lipinski definition) is 1. The Hall–Kier alpha value is -2.82. The predicted octanol–water partition coefficient (Wildman–Crippen LogP) is 6.65. The Morgan fingerprint density at radius 2 is 1.78 bits per heavy atom. The lowest BCUT2D eigenvalue weighted by atomic mass is 9.90. The van der Waals surface area contributed by atoms with Gasteiger partial charge in [0.15, 0.2) is 0 Å². The van der Waals surface area contributed by atoms with E-state index in [2.05, 4.69) is 41.4 Å². The SMILES string of the molecule is CCCCC(NC(=O)Cc1ccccc1OCCCC(C)(C)C=O)c1ccccc1N1CCCCC1. The van der Waals surface area contributed by atoms with Crippen LogP contribution in [-0.2, 0) is 16.0 Å². The van der Waals surface area contributed by atoms with Crippen LogP contribution in [0.2, 0.25) is 0 Å². The molecule has 3 rings (SSSR count). The van der Waals surface area contributed by atoms with Crippen LogP contribution in [0.4, 0.5) is 5.69 Å². The van der Waals surface area contributed by atoms with Crippen molar-refractivity contribution in [3.63, 3.8) is 0 Å². The number of anilines is 1. The van der Waals surface area contributed by atoms with Crippen molar-refractivity contribution in [2.45, 2.75) is 84.6 Å². The van der Waals surface area contributed by atoms with Crippen molar-refractivity contribution in [3.05, 3.63) is 59.7 Å². The molecule has 1 aliphatic heterocycles. The normalized spacial score (nSPS) is 14.8. The third-order valence-electron chi connectivity index (χ3n) is 7.06. The number of nitrogens with one attached hydrogen (secondary N) is 1. The largest absolute Gasteiger partial charge is 0.493 e. The number of nitrogens with zero attached hydrogens (tertiary/aromatic N) is 1. The van der Waals surface area contributed by atoms with Crippen LogP contribution in [0.25, 0.3) is 0 Å². The van der Waals surface area contributed by atoms with E-state index in [1.807, 2.05) is 38.1 Å². The molecule has 196 valence electrons. The fraction of sp³-hybridized carbons (Fsp3) is 0.548. The van der Waals surface area contributed by atoms with Crippen molar-refractivity contribution in [1.82, 2.24) is 5.32 Å². The number of amides is 1. The van der Waals surface area contributed by atoms with E-state index in [4.69, 9.17) is 4.74 Å². The van der Waals surface area contributed by atoms with E-state index in [1.165, 1.54) is 30.5 Å². The Balaban J connectivity index is 1.67. The maximum absolute atomic E-state index is 13.3. The molecule has 5 nitrogen and oxygen atoms in total. The molecule has 1 N–H and O–H groups in total. The minimum atomic E-state index is -0.333. The second-order valence-electron chi connectivity index (χ2n) is 10.7. The summed E-state index contributed by atoms with van der Waals surface area (Å²) in [6, 6.07) is 16.4. The predicted molar refractivity (Wildman–Crippen MR) is 148 cm³/mol. The zero-order valence-electron chi connectivity index (χ0n) is 22.4. The van der Waals surface area contributed by atoms with Crippen LogP contribution in [0.3, 0.4) is 0 Å². The summed E-state index contributed by atoms with van der Waals surface area (Å²) in [6.45, 7) is 8.77. The summed E-state index contributed by atoms with van der Waals surface area (Å²) in [5, 5.41) is 3.36. The van der Waals surface area contributed by atoms with E-state index < -0.39 is 0 Å². The fourth-order valence-electron chi connectivity index (χ4n) is 4.90. The Bertz CT molecular complexity index is 966. The molecular weight excluding hydrogens is 448 g/mol. The topological polar surface area (TPSA) is 58.6 Å². The molecule has 1 heterocycles. The number of para-hydroxylation sites is 2. The number of unbranched alkanes of at least 4 members (excludes halogenated alkanes) is 1. The number of carbonyl (C=O) groups is 2. The van der Waals surface area contributed by atoms with E-state index in [9.17, 15) is 9.59 Å². The maximum Gasteiger partial charge on any atom is 0.225 e. The summed E-state index contributed by atoms with van der Waals surface area (Å²) >= 11 is 0. The van der Waals surface area contributed by atoms with E-state index in [0.717, 1.165) is 62.8 Å². The quantitative estimate of drug-likeness (QED) is 0.237. The monoisotopic (exact) mass is 492 g/mol. The molecule has 36 heavy (non-hydrogen) atoms. The van der Waals surface area contributed by atoms with Gasteiger partial charge in [-0.2, -0.15) is 0 Å². The third-order valence-corrected chi connectivity index (χ3v) is 7.06. The molecule has 0 saturated carbocycles. The number of benzene rings is 2. The lowest BCUT2D eigenvalue weighted by molar-refractivity contribution is -0.121. The van der Waals surface area contributed by atoms with E-state index in [1.54, 1.807) is 0 Å². The molecule has 2 aromatic carbocycles. The Kier molecular flexibility index (Phi) is 10.8. The molecule has 0 bridgehead atoms. The minimum Gasteiger partial charge on any atom is -0.493 e. The van der Waals surface area contributed by atoms with Crippen LogP contribution in [0.15, 0.2) is 48.5 Å². The lowest BCUT2D eigenvalue weighted by Gasteiger charge is -2.33. The van der Waals surface area contributed by atoms with Gasteiger partial charge >= 0.3 is 0 Å². The van der Waals surface area contributed by atoms with Gasteiger partial charge in [0, 0.05) is 29.8 Å². The number of carbonyl (C=O) groups excluding carboxylic acids is 2. The van der Waals surface area contributed by atoms with Gasteiger partial charge in [0.25, 0.3) is 0 Å². The van der Waals surface area contributed by atoms with Crippen molar-refractivity contribution in [2.24, 2.45) is 5.41 Å². The number of hydrogen-bond acceptors (Lipinski definition) is 4. The van der Waals surface area contributed by atoms with E-state index >= 15 is 0 Å². The molecule has 0 spiro atoms. The first-order valence-electron chi connectivity index (χ1n) is 13.7. The molecule has 1 unspecified atom stereocenters. The number of aldehydes is 1. The molecule has 1 atom stereocenters. The van der Waals surface area contributed by atoms with Gasteiger partial charge in [-0.3, -0.25) is 4.79 Å². The highest BCUT2D eigenvalue weighted by atomic mass is 16.5. The van der Waals surface area contributed by atoms with Gasteiger partial charge in [-0.25, -0.2) is 0 Å². The first-order chi connectivity index (χ1) is 17.4. The summed E-state index contributed by atoms with van der Waals surface area (Å²) in [5.41, 5.74) is 3.05. The van der Waals surface area contributed by atoms with Gasteiger partial charge in [-0.05, 0) is 56.2 Å². The number of piperidine rings is 1. The lowest BCUT2D eigenvalue weighted by Crippen LogP contribution is -2.34. The average molecular weight is 493 g/mol. The number of ether oxygens (including phenoxy) is 1. The molecule has 1 aliphatic rings. The Morgan fingerprint density at radius 1 is 1.06 bits per heavy atom. The maximum atomic E-state index is 13.3. The van der Waals surface area contributed by atoms with Crippen molar-refractivity contribution in [3.8, 4) is 5.75 Å². The zero-order chi connectivity index (χ0) is 25.8. The summed E-state index contributed by atoms with van der Waals surface area (Å²) < 4.78 is 6.03. The van der Waals surface area contributed by atoms with E-state index in [-0.39, 0.29) is 23.8 Å². The van der Waals surface area contributed by atoms with Crippen LogP contribution in [-0.4, -0.2) is 31.9 Å². The van der Waals surface area contributed by atoms with Crippen LogP contribution in [0.1, 0.15) is 89.3 Å². The van der Waals surface area contributed by atoms with E-state index in [0.29, 0.717) is 6.61 Å². The molecule has 5 heteroatoms. The molecule has 0 radical (unpaired) electrons. The second kappa shape index (κ2) is 14.1. The van der Waals surface area contributed by atoms with Crippen molar-refractivity contribution in [1.29, 1.82) is 0 Å². The Labute approximate surface area is 217 Å². The van der Waals surface area contributed by atoms with Gasteiger partial charge in [0.05, 0.1) is 19.1 Å². The highest BCUT2D eigenvalue weighted by Gasteiger charge is 2.22. The standard InChI is InChI=1S/C31H44N2O3/c1-4-5-16-27(26-15-8-9-17-28(26)33-20-11-6-12-21-33)32-30(35)23-25-14-7-10-18-29(25)36-22-13-19-31(2,3)24-34/h7-10,14-15,17-18,24,27H,4-6,11-13,16,19-23H2,1-3H3,(H,32,35). The van der Waals surface area contributed by atoms with Gasteiger partial charge < -0.3 is 19.7 Å². The van der Waals surface area contributed by atoms with Crippen LogP contribution >= 0.6 is 0 Å². The number of rotatable bonds is 14. The fourth-order valence-corrected chi connectivity index (χ4v) is 4.90. The molecule has 1 fully saturated rings. The Morgan fingerprint density at radius 3 is 2.53 bits per heavy atom. The molecular formula is C31H44N2O3.